The van der Waals surface area contributed by atoms with Gasteiger partial charge in [0.15, 0.2) is 0 Å². The molecule has 0 radical (unpaired) electrons. The van der Waals surface area contributed by atoms with E-state index < -0.39 is 0 Å². The van der Waals surface area contributed by atoms with Crippen LogP contribution in [0.2, 0.25) is 0 Å². The van der Waals surface area contributed by atoms with E-state index in [1.54, 1.807) is 0 Å². The third kappa shape index (κ3) is 3.46. The second kappa shape index (κ2) is 6.02. The van der Waals surface area contributed by atoms with E-state index in [0.717, 1.165) is 18.4 Å². The molecule has 2 heteroatoms. The Morgan fingerprint density at radius 2 is 1.94 bits per heavy atom. The zero-order valence-electron chi connectivity index (χ0n) is 10.7. The van der Waals surface area contributed by atoms with Crippen molar-refractivity contribution in [1.29, 1.82) is 0 Å². The van der Waals surface area contributed by atoms with Crippen LogP contribution in [-0.2, 0) is 0 Å². The van der Waals surface area contributed by atoms with Crippen LogP contribution < -0.4 is 0 Å². The van der Waals surface area contributed by atoms with Crippen molar-refractivity contribution in [1.82, 2.24) is 4.90 Å². The summed E-state index contributed by atoms with van der Waals surface area (Å²) >= 11 is 0. The fraction of sp³-hybridized carbons (Fsp3) is 1.00. The first kappa shape index (κ1) is 12.4. The van der Waals surface area contributed by atoms with Gasteiger partial charge in [0.05, 0.1) is 0 Å². The minimum Gasteiger partial charge on any atom is -0.396 e. The van der Waals surface area contributed by atoms with Crippen LogP contribution in [0.25, 0.3) is 0 Å². The van der Waals surface area contributed by atoms with Crippen LogP contribution in [0.1, 0.15) is 45.4 Å². The molecule has 1 saturated heterocycles. The van der Waals surface area contributed by atoms with Gasteiger partial charge in [-0.05, 0) is 50.0 Å². The van der Waals surface area contributed by atoms with Crippen molar-refractivity contribution >= 4 is 0 Å². The van der Waals surface area contributed by atoms with E-state index in [-0.39, 0.29) is 0 Å². The third-order valence-corrected chi connectivity index (χ3v) is 4.42. The first-order valence-corrected chi connectivity index (χ1v) is 7.11. The van der Waals surface area contributed by atoms with E-state index in [4.69, 9.17) is 0 Å². The maximum absolute atomic E-state index is 9.23. The predicted octanol–water partition coefficient (Wildman–Crippen LogP) is 2.52. The normalized spacial score (nSPS) is 37.5. The van der Waals surface area contributed by atoms with Crippen molar-refractivity contribution in [3.63, 3.8) is 0 Å². The minimum absolute atomic E-state index is 0.386. The Hall–Kier alpha value is -0.0800. The van der Waals surface area contributed by atoms with Crippen LogP contribution in [0.3, 0.4) is 0 Å². The topological polar surface area (TPSA) is 23.5 Å². The lowest BCUT2D eigenvalue weighted by Crippen LogP contribution is -2.40. The quantitative estimate of drug-likeness (QED) is 0.798. The molecule has 2 fully saturated rings. The molecule has 1 N–H and O–H groups in total. The molecule has 1 saturated carbocycles. The van der Waals surface area contributed by atoms with E-state index in [9.17, 15) is 5.11 Å². The Morgan fingerprint density at radius 1 is 1.12 bits per heavy atom. The van der Waals surface area contributed by atoms with Gasteiger partial charge in [0.25, 0.3) is 0 Å². The van der Waals surface area contributed by atoms with Gasteiger partial charge in [-0.15, -0.1) is 0 Å². The Morgan fingerprint density at radius 3 is 2.69 bits per heavy atom. The molecule has 1 aliphatic carbocycles. The molecule has 1 aliphatic heterocycles. The molecule has 3 atom stereocenters. The number of aliphatic hydroxyl groups is 1. The SMILES string of the molecule is CC1CCCC(CN2CCCC(CO)C2)C1. The zero-order chi connectivity index (χ0) is 11.4. The summed E-state index contributed by atoms with van der Waals surface area (Å²) < 4.78 is 0. The molecule has 1 heterocycles. The molecule has 3 unspecified atom stereocenters. The highest BCUT2D eigenvalue weighted by Gasteiger charge is 2.24. The number of aliphatic hydroxyl groups excluding tert-OH is 1. The Bertz CT molecular complexity index is 207. The van der Waals surface area contributed by atoms with E-state index in [2.05, 4.69) is 11.8 Å². The van der Waals surface area contributed by atoms with Crippen LogP contribution in [0, 0.1) is 17.8 Å². The number of hydrogen-bond acceptors (Lipinski definition) is 2. The summed E-state index contributed by atoms with van der Waals surface area (Å²) in [6, 6.07) is 0. The molecule has 0 spiro atoms. The Balaban J connectivity index is 1.75. The molecular formula is C14H27NO. The summed E-state index contributed by atoms with van der Waals surface area (Å²) in [6.45, 7) is 6.49. The standard InChI is InChI=1S/C14H27NO/c1-12-4-2-5-13(8-12)9-15-7-3-6-14(10-15)11-16/h12-14,16H,2-11H2,1H3. The lowest BCUT2D eigenvalue weighted by Gasteiger charge is -2.36. The second-order valence-electron chi connectivity index (χ2n) is 6.09. The lowest BCUT2D eigenvalue weighted by molar-refractivity contribution is 0.0959. The summed E-state index contributed by atoms with van der Waals surface area (Å²) in [6.07, 6.45) is 8.26. The third-order valence-electron chi connectivity index (χ3n) is 4.42. The number of likely N-dealkylation sites (tertiary alicyclic amines) is 1. The van der Waals surface area contributed by atoms with Crippen LogP contribution in [0.5, 0.6) is 0 Å². The first-order chi connectivity index (χ1) is 7.78. The second-order valence-corrected chi connectivity index (χ2v) is 6.09. The summed E-state index contributed by atoms with van der Waals surface area (Å²) in [5.41, 5.74) is 0. The zero-order valence-corrected chi connectivity index (χ0v) is 10.7. The van der Waals surface area contributed by atoms with Gasteiger partial charge < -0.3 is 10.0 Å². The first-order valence-electron chi connectivity index (χ1n) is 7.11. The Labute approximate surface area is 100 Å². The van der Waals surface area contributed by atoms with Crippen LogP contribution >= 0.6 is 0 Å². The highest BCUT2D eigenvalue weighted by atomic mass is 16.3. The fourth-order valence-electron chi connectivity index (χ4n) is 3.56. The van der Waals surface area contributed by atoms with Crippen molar-refractivity contribution in [3.8, 4) is 0 Å². The van der Waals surface area contributed by atoms with Crippen LogP contribution in [-0.4, -0.2) is 36.2 Å². The molecule has 0 amide bonds. The highest BCUT2D eigenvalue weighted by Crippen LogP contribution is 2.30. The molecule has 16 heavy (non-hydrogen) atoms. The molecule has 2 aliphatic rings. The summed E-state index contributed by atoms with van der Waals surface area (Å²) in [7, 11) is 0. The molecule has 0 aromatic rings. The van der Waals surface area contributed by atoms with Gasteiger partial charge in [-0.3, -0.25) is 0 Å². The molecule has 94 valence electrons. The van der Waals surface area contributed by atoms with Gasteiger partial charge in [-0.1, -0.05) is 19.8 Å². The molecule has 0 bridgehead atoms. The number of nitrogens with zero attached hydrogens (tertiary/aromatic N) is 1. The minimum atomic E-state index is 0.386. The molecular weight excluding hydrogens is 198 g/mol. The number of hydrogen-bond donors (Lipinski definition) is 1. The van der Waals surface area contributed by atoms with Crippen molar-refractivity contribution in [3.05, 3.63) is 0 Å². The number of piperidine rings is 1. The summed E-state index contributed by atoms with van der Waals surface area (Å²) in [5.74, 6) is 2.42. The maximum Gasteiger partial charge on any atom is 0.0471 e. The smallest absolute Gasteiger partial charge is 0.0471 e. The summed E-state index contributed by atoms with van der Waals surface area (Å²) in [4.78, 5) is 2.60. The molecule has 0 aromatic carbocycles. The van der Waals surface area contributed by atoms with Crippen LogP contribution in [0.4, 0.5) is 0 Å². The maximum atomic E-state index is 9.23. The van der Waals surface area contributed by atoms with E-state index >= 15 is 0 Å². The fourth-order valence-corrected chi connectivity index (χ4v) is 3.56. The predicted molar refractivity (Wildman–Crippen MR) is 67.4 cm³/mol. The average Bonchev–Trinajstić information content (AvgIpc) is 2.29. The van der Waals surface area contributed by atoms with Crippen molar-refractivity contribution < 1.29 is 5.11 Å². The van der Waals surface area contributed by atoms with E-state index in [1.165, 1.54) is 51.6 Å². The van der Waals surface area contributed by atoms with Gasteiger partial charge in [-0.2, -0.15) is 0 Å². The Kier molecular flexibility index (Phi) is 4.66. The van der Waals surface area contributed by atoms with Gasteiger partial charge in [-0.25, -0.2) is 0 Å². The molecule has 2 rings (SSSR count). The largest absolute Gasteiger partial charge is 0.396 e. The van der Waals surface area contributed by atoms with E-state index in [1.807, 2.05) is 0 Å². The van der Waals surface area contributed by atoms with Gasteiger partial charge >= 0.3 is 0 Å². The number of rotatable bonds is 3. The lowest BCUT2D eigenvalue weighted by atomic mass is 9.82. The van der Waals surface area contributed by atoms with Gasteiger partial charge in [0.2, 0.25) is 0 Å². The molecule has 0 aromatic heterocycles. The van der Waals surface area contributed by atoms with Crippen molar-refractivity contribution in [2.45, 2.75) is 45.4 Å². The van der Waals surface area contributed by atoms with Crippen molar-refractivity contribution in [2.24, 2.45) is 17.8 Å². The summed E-state index contributed by atoms with van der Waals surface area (Å²) in [5, 5.41) is 9.23. The highest BCUT2D eigenvalue weighted by molar-refractivity contribution is 4.78. The van der Waals surface area contributed by atoms with Gasteiger partial charge in [0.1, 0.15) is 0 Å². The van der Waals surface area contributed by atoms with Gasteiger partial charge in [0, 0.05) is 19.7 Å². The molecule has 2 nitrogen and oxygen atoms in total. The van der Waals surface area contributed by atoms with Crippen molar-refractivity contribution in [2.75, 3.05) is 26.2 Å². The van der Waals surface area contributed by atoms with Crippen LogP contribution in [0.15, 0.2) is 0 Å². The van der Waals surface area contributed by atoms with E-state index in [0.29, 0.717) is 12.5 Å². The average molecular weight is 225 g/mol. The monoisotopic (exact) mass is 225 g/mol.